The summed E-state index contributed by atoms with van der Waals surface area (Å²) in [5, 5.41) is 9.29. The predicted octanol–water partition coefficient (Wildman–Crippen LogP) is 2.12. The molecule has 1 aromatic rings. The highest BCUT2D eigenvalue weighted by molar-refractivity contribution is 5.81. The number of phenolic OH excluding ortho intramolecular Hbond substituents is 1. The molecule has 0 aliphatic carbocycles. The van der Waals surface area contributed by atoms with E-state index in [9.17, 15) is 5.11 Å². The molecule has 1 atom stereocenters. The van der Waals surface area contributed by atoms with E-state index < -0.39 is 0 Å². The minimum atomic E-state index is -0.00383. The van der Waals surface area contributed by atoms with Gasteiger partial charge in [-0.05, 0) is 51.3 Å². The van der Waals surface area contributed by atoms with Crippen LogP contribution in [-0.2, 0) is 6.42 Å². The lowest BCUT2D eigenvalue weighted by Crippen LogP contribution is -2.53. The number of aryl methyl sites for hydroxylation is 1. The summed E-state index contributed by atoms with van der Waals surface area (Å²) in [6, 6.07) is 7.76. The van der Waals surface area contributed by atoms with Gasteiger partial charge in [0.25, 0.3) is 0 Å². The first-order valence-corrected chi connectivity index (χ1v) is 6.79. The van der Waals surface area contributed by atoms with E-state index in [2.05, 4.69) is 30.7 Å². The molecular formula is C15H23N3O. The number of phenols is 1. The molecule has 0 fully saturated rings. The van der Waals surface area contributed by atoms with Crippen LogP contribution in [0.15, 0.2) is 29.3 Å². The van der Waals surface area contributed by atoms with Crippen LogP contribution in [0.5, 0.6) is 5.75 Å². The molecule has 104 valence electrons. The van der Waals surface area contributed by atoms with Crippen LogP contribution in [0.4, 0.5) is 0 Å². The maximum atomic E-state index is 9.29. The van der Waals surface area contributed by atoms with Gasteiger partial charge < -0.3 is 15.7 Å². The smallest absolute Gasteiger partial charge is 0.192 e. The second-order valence-electron chi connectivity index (χ2n) is 5.80. The molecule has 19 heavy (non-hydrogen) atoms. The van der Waals surface area contributed by atoms with Gasteiger partial charge in [-0.25, -0.2) is 0 Å². The van der Waals surface area contributed by atoms with Crippen molar-refractivity contribution in [1.82, 2.24) is 4.90 Å². The molecule has 1 heterocycles. The van der Waals surface area contributed by atoms with E-state index in [0.717, 1.165) is 19.4 Å². The lowest BCUT2D eigenvalue weighted by molar-refractivity contribution is 0.172. The minimum Gasteiger partial charge on any atom is -0.508 e. The number of aromatic hydroxyl groups is 1. The average molecular weight is 261 g/mol. The van der Waals surface area contributed by atoms with Gasteiger partial charge in [0.05, 0.1) is 12.1 Å². The van der Waals surface area contributed by atoms with E-state index in [1.54, 1.807) is 12.1 Å². The molecular weight excluding hydrogens is 238 g/mol. The van der Waals surface area contributed by atoms with Crippen LogP contribution < -0.4 is 5.73 Å². The summed E-state index contributed by atoms with van der Waals surface area (Å²) >= 11 is 0. The number of nitrogens with zero attached hydrogens (tertiary/aromatic N) is 2. The Hall–Kier alpha value is -1.71. The number of nitrogens with two attached hydrogens (primary N) is 1. The van der Waals surface area contributed by atoms with Crippen molar-refractivity contribution in [3.05, 3.63) is 29.8 Å². The molecule has 4 nitrogen and oxygen atoms in total. The first kappa shape index (κ1) is 13.7. The monoisotopic (exact) mass is 261 g/mol. The molecule has 2 rings (SSSR count). The van der Waals surface area contributed by atoms with Crippen molar-refractivity contribution in [2.24, 2.45) is 10.7 Å². The second kappa shape index (κ2) is 5.11. The summed E-state index contributed by atoms with van der Waals surface area (Å²) in [4.78, 5) is 6.61. The van der Waals surface area contributed by atoms with E-state index in [0.29, 0.717) is 17.8 Å². The van der Waals surface area contributed by atoms with Crippen molar-refractivity contribution in [2.75, 3.05) is 6.54 Å². The molecule has 1 aliphatic rings. The third-order valence-electron chi connectivity index (χ3n) is 3.82. The standard InChI is InChI=1S/C15H23N3O/c1-11(2)18-14(16)17-10-15(18,3)9-8-12-4-6-13(19)7-5-12/h4-7,11,19H,8-10H2,1-3H3,(H2,16,17). The first-order chi connectivity index (χ1) is 8.92. The molecule has 4 heteroatoms. The minimum absolute atomic E-state index is 0.00383. The number of hydrogen-bond acceptors (Lipinski definition) is 4. The van der Waals surface area contributed by atoms with Crippen LogP contribution in [0.25, 0.3) is 0 Å². The molecule has 1 aliphatic heterocycles. The summed E-state index contributed by atoms with van der Waals surface area (Å²) in [5.74, 6) is 0.968. The maximum absolute atomic E-state index is 9.29. The van der Waals surface area contributed by atoms with E-state index >= 15 is 0 Å². The van der Waals surface area contributed by atoms with Crippen LogP contribution in [0.1, 0.15) is 32.8 Å². The quantitative estimate of drug-likeness (QED) is 0.872. The van der Waals surface area contributed by atoms with Gasteiger partial charge in [0, 0.05) is 6.04 Å². The van der Waals surface area contributed by atoms with E-state index in [1.807, 2.05) is 12.1 Å². The maximum Gasteiger partial charge on any atom is 0.192 e. The van der Waals surface area contributed by atoms with E-state index in [1.165, 1.54) is 5.56 Å². The molecule has 0 saturated heterocycles. The van der Waals surface area contributed by atoms with Crippen LogP contribution in [0.3, 0.4) is 0 Å². The molecule has 0 aromatic heterocycles. The Morgan fingerprint density at radius 3 is 2.58 bits per heavy atom. The van der Waals surface area contributed by atoms with Gasteiger partial charge >= 0.3 is 0 Å². The number of guanidine groups is 1. The van der Waals surface area contributed by atoms with Gasteiger partial charge in [0.1, 0.15) is 5.75 Å². The molecule has 0 saturated carbocycles. The molecule has 1 unspecified atom stereocenters. The highest BCUT2D eigenvalue weighted by Crippen LogP contribution is 2.29. The largest absolute Gasteiger partial charge is 0.508 e. The number of rotatable bonds is 4. The Morgan fingerprint density at radius 2 is 2.00 bits per heavy atom. The fraction of sp³-hybridized carbons (Fsp3) is 0.533. The zero-order valence-electron chi connectivity index (χ0n) is 11.9. The van der Waals surface area contributed by atoms with Crippen molar-refractivity contribution >= 4 is 5.96 Å². The number of aliphatic imine (C=N–C) groups is 1. The third kappa shape index (κ3) is 2.83. The fourth-order valence-electron chi connectivity index (χ4n) is 2.84. The van der Waals surface area contributed by atoms with E-state index in [4.69, 9.17) is 5.73 Å². The number of hydrogen-bond donors (Lipinski definition) is 2. The summed E-state index contributed by atoms with van der Waals surface area (Å²) in [6.45, 7) is 7.27. The molecule has 0 spiro atoms. The predicted molar refractivity (Wildman–Crippen MR) is 78.3 cm³/mol. The van der Waals surface area contributed by atoms with Gasteiger partial charge in [-0.3, -0.25) is 4.99 Å². The average Bonchev–Trinajstić information content (AvgIpc) is 2.65. The second-order valence-corrected chi connectivity index (χ2v) is 5.80. The van der Waals surface area contributed by atoms with Crippen molar-refractivity contribution < 1.29 is 5.11 Å². The van der Waals surface area contributed by atoms with Gasteiger partial charge in [0.15, 0.2) is 5.96 Å². The zero-order valence-corrected chi connectivity index (χ0v) is 11.9. The van der Waals surface area contributed by atoms with Gasteiger partial charge in [-0.15, -0.1) is 0 Å². The lowest BCUT2D eigenvalue weighted by atomic mass is 9.91. The molecule has 1 aromatic carbocycles. The van der Waals surface area contributed by atoms with Crippen LogP contribution >= 0.6 is 0 Å². The Balaban J connectivity index is 2.04. The van der Waals surface area contributed by atoms with Crippen molar-refractivity contribution in [3.8, 4) is 5.75 Å². The summed E-state index contributed by atoms with van der Waals surface area (Å²) in [5.41, 5.74) is 7.21. The third-order valence-corrected chi connectivity index (χ3v) is 3.82. The lowest BCUT2D eigenvalue weighted by Gasteiger charge is -2.39. The zero-order chi connectivity index (χ0) is 14.0. The Kier molecular flexibility index (Phi) is 3.69. The van der Waals surface area contributed by atoms with Gasteiger partial charge in [-0.2, -0.15) is 0 Å². The Labute approximate surface area is 114 Å². The van der Waals surface area contributed by atoms with Crippen LogP contribution in [0, 0.1) is 0 Å². The van der Waals surface area contributed by atoms with Gasteiger partial charge in [-0.1, -0.05) is 12.1 Å². The Morgan fingerprint density at radius 1 is 1.37 bits per heavy atom. The van der Waals surface area contributed by atoms with Crippen LogP contribution in [-0.4, -0.2) is 34.1 Å². The first-order valence-electron chi connectivity index (χ1n) is 6.79. The molecule has 0 bridgehead atoms. The van der Waals surface area contributed by atoms with Crippen molar-refractivity contribution in [1.29, 1.82) is 0 Å². The van der Waals surface area contributed by atoms with Crippen LogP contribution in [0.2, 0.25) is 0 Å². The normalized spacial score (nSPS) is 22.9. The molecule has 0 radical (unpaired) electrons. The highest BCUT2D eigenvalue weighted by Gasteiger charge is 2.38. The molecule has 0 amide bonds. The Bertz CT molecular complexity index is 467. The fourth-order valence-corrected chi connectivity index (χ4v) is 2.84. The molecule has 3 N–H and O–H groups in total. The van der Waals surface area contributed by atoms with Crippen molar-refractivity contribution in [3.63, 3.8) is 0 Å². The topological polar surface area (TPSA) is 61.8 Å². The summed E-state index contributed by atoms with van der Waals surface area (Å²) < 4.78 is 0. The van der Waals surface area contributed by atoms with E-state index in [-0.39, 0.29) is 5.54 Å². The van der Waals surface area contributed by atoms with Crippen molar-refractivity contribution in [2.45, 2.75) is 45.2 Å². The number of benzene rings is 1. The SMILES string of the molecule is CC(C)N1C(N)=NCC1(C)CCc1ccc(O)cc1. The summed E-state index contributed by atoms with van der Waals surface area (Å²) in [6.07, 6.45) is 1.96. The summed E-state index contributed by atoms with van der Waals surface area (Å²) in [7, 11) is 0. The highest BCUT2D eigenvalue weighted by atomic mass is 16.3. The van der Waals surface area contributed by atoms with Gasteiger partial charge in [0.2, 0.25) is 0 Å².